The minimum Gasteiger partial charge on any atom is -0.481 e. The number of amides is 1. The lowest BCUT2D eigenvalue weighted by Crippen LogP contribution is -2.48. The normalized spacial score (nSPS) is 21.0. The van der Waals surface area contributed by atoms with Gasteiger partial charge in [0, 0.05) is 24.1 Å². The predicted octanol–water partition coefficient (Wildman–Crippen LogP) is 2.64. The summed E-state index contributed by atoms with van der Waals surface area (Å²) in [6.07, 6.45) is 2.86. The van der Waals surface area contributed by atoms with E-state index in [1.165, 1.54) is 28.8 Å². The Bertz CT molecular complexity index is 663. The van der Waals surface area contributed by atoms with Gasteiger partial charge in [0.15, 0.2) is 0 Å². The number of carboxylic acids is 1. The third kappa shape index (κ3) is 3.47. The highest BCUT2D eigenvalue weighted by Crippen LogP contribution is 2.32. The molecule has 1 unspecified atom stereocenters. The minimum absolute atomic E-state index is 0.0106. The number of nitro groups is 1. The van der Waals surface area contributed by atoms with Crippen molar-refractivity contribution in [3.63, 3.8) is 0 Å². The average molecular weight is 338 g/mol. The molecule has 124 valence electrons. The van der Waals surface area contributed by atoms with Crippen LogP contribution in [-0.2, 0) is 4.79 Å². The molecule has 1 heterocycles. The first-order valence-electron chi connectivity index (χ1n) is 7.13. The molecule has 1 aliphatic rings. The summed E-state index contributed by atoms with van der Waals surface area (Å²) >= 11 is 1.38. The van der Waals surface area contributed by atoms with Crippen molar-refractivity contribution in [2.75, 3.05) is 19.3 Å². The summed E-state index contributed by atoms with van der Waals surface area (Å²) in [5.41, 5.74) is -1.26. The first kappa shape index (κ1) is 17.3. The van der Waals surface area contributed by atoms with Crippen LogP contribution in [0.1, 0.15) is 30.1 Å². The first-order chi connectivity index (χ1) is 10.8. The lowest BCUT2D eigenvalue weighted by Gasteiger charge is -2.37. The van der Waals surface area contributed by atoms with Crippen LogP contribution in [0.4, 0.5) is 5.69 Å². The standard InChI is InChI=1S/C15H18N2O5S/c1-15(14(19)20)6-3-7-16(9-15)13(18)11-8-10(23-2)4-5-12(11)17(21)22/h4-5,8H,3,6-7,9H2,1-2H3,(H,19,20). The fourth-order valence-corrected chi connectivity index (χ4v) is 3.17. The van der Waals surface area contributed by atoms with Crippen LogP contribution in [0.15, 0.2) is 23.1 Å². The third-order valence-corrected chi connectivity index (χ3v) is 4.86. The highest BCUT2D eigenvalue weighted by atomic mass is 32.2. The van der Waals surface area contributed by atoms with Gasteiger partial charge in [0.1, 0.15) is 5.56 Å². The molecular formula is C15H18N2O5S. The summed E-state index contributed by atoms with van der Waals surface area (Å²) in [7, 11) is 0. The smallest absolute Gasteiger partial charge is 0.311 e. The van der Waals surface area contributed by atoms with Gasteiger partial charge < -0.3 is 10.0 Å². The number of carbonyl (C=O) groups is 2. The van der Waals surface area contributed by atoms with Crippen molar-refractivity contribution in [3.05, 3.63) is 33.9 Å². The number of nitrogens with zero attached hydrogens (tertiary/aromatic N) is 2. The maximum Gasteiger partial charge on any atom is 0.311 e. The van der Waals surface area contributed by atoms with E-state index in [1.807, 2.05) is 6.26 Å². The Morgan fingerprint density at radius 3 is 2.70 bits per heavy atom. The Hall–Kier alpha value is -2.09. The molecule has 1 N–H and O–H groups in total. The van der Waals surface area contributed by atoms with Gasteiger partial charge in [-0.25, -0.2) is 0 Å². The van der Waals surface area contributed by atoms with Crippen LogP contribution in [-0.4, -0.2) is 46.2 Å². The monoisotopic (exact) mass is 338 g/mol. The third-order valence-electron chi connectivity index (χ3n) is 4.13. The molecule has 23 heavy (non-hydrogen) atoms. The van der Waals surface area contributed by atoms with Gasteiger partial charge >= 0.3 is 5.97 Å². The zero-order valence-corrected chi connectivity index (χ0v) is 13.8. The molecule has 0 aromatic heterocycles. The summed E-state index contributed by atoms with van der Waals surface area (Å²) in [6.45, 7) is 2.06. The molecule has 2 rings (SSSR count). The van der Waals surface area contributed by atoms with E-state index in [9.17, 15) is 24.8 Å². The van der Waals surface area contributed by atoms with Gasteiger partial charge in [-0.1, -0.05) is 0 Å². The number of piperidine rings is 1. The SMILES string of the molecule is CSc1ccc([N+](=O)[O-])c(C(=O)N2CCCC(C)(C(=O)O)C2)c1. The number of benzene rings is 1. The van der Waals surface area contributed by atoms with E-state index < -0.39 is 22.2 Å². The van der Waals surface area contributed by atoms with Crippen LogP contribution in [0.25, 0.3) is 0 Å². The number of thioether (sulfide) groups is 1. The highest BCUT2D eigenvalue weighted by Gasteiger charge is 2.40. The summed E-state index contributed by atoms with van der Waals surface area (Å²) in [5.74, 6) is -1.44. The fourth-order valence-electron chi connectivity index (χ4n) is 2.73. The summed E-state index contributed by atoms with van der Waals surface area (Å²) < 4.78 is 0. The van der Waals surface area contributed by atoms with Crippen molar-refractivity contribution >= 4 is 29.3 Å². The van der Waals surface area contributed by atoms with Crippen molar-refractivity contribution in [1.82, 2.24) is 4.90 Å². The Balaban J connectivity index is 2.36. The summed E-state index contributed by atoms with van der Waals surface area (Å²) in [4.78, 5) is 36.9. The van der Waals surface area contributed by atoms with Gasteiger partial charge in [-0.3, -0.25) is 19.7 Å². The van der Waals surface area contributed by atoms with E-state index >= 15 is 0 Å². The number of carboxylic acid groups (broad SMARTS) is 1. The molecule has 7 nitrogen and oxygen atoms in total. The number of nitro benzene ring substituents is 1. The number of carbonyl (C=O) groups excluding carboxylic acids is 1. The van der Waals surface area contributed by atoms with Crippen molar-refractivity contribution in [2.24, 2.45) is 5.41 Å². The highest BCUT2D eigenvalue weighted by molar-refractivity contribution is 7.98. The minimum atomic E-state index is -1.01. The van der Waals surface area contributed by atoms with Crippen molar-refractivity contribution in [3.8, 4) is 0 Å². The molecule has 0 radical (unpaired) electrons. The molecule has 8 heteroatoms. The van der Waals surface area contributed by atoms with Crippen molar-refractivity contribution in [1.29, 1.82) is 0 Å². The van der Waals surface area contributed by atoms with E-state index in [0.717, 1.165) is 4.90 Å². The van der Waals surface area contributed by atoms with Crippen LogP contribution in [0.5, 0.6) is 0 Å². The van der Waals surface area contributed by atoms with E-state index in [-0.39, 0.29) is 17.8 Å². The molecule has 1 saturated heterocycles. The van der Waals surface area contributed by atoms with Crippen LogP contribution in [0.3, 0.4) is 0 Å². The molecule has 0 aliphatic carbocycles. The topological polar surface area (TPSA) is 101 Å². The largest absolute Gasteiger partial charge is 0.481 e. The Labute approximate surface area is 137 Å². The second kappa shape index (κ2) is 6.57. The molecule has 1 aromatic carbocycles. The molecule has 1 aromatic rings. The van der Waals surface area contributed by atoms with Crippen LogP contribution in [0, 0.1) is 15.5 Å². The Morgan fingerprint density at radius 2 is 2.13 bits per heavy atom. The number of likely N-dealkylation sites (tertiary alicyclic amines) is 1. The van der Waals surface area contributed by atoms with Gasteiger partial charge in [0.05, 0.1) is 10.3 Å². The maximum atomic E-state index is 12.7. The van der Waals surface area contributed by atoms with E-state index in [0.29, 0.717) is 19.4 Å². The number of rotatable bonds is 4. The summed E-state index contributed by atoms with van der Waals surface area (Å²) in [6, 6.07) is 4.41. The second-order valence-corrected chi connectivity index (χ2v) is 6.72. The van der Waals surface area contributed by atoms with Crippen LogP contribution in [0.2, 0.25) is 0 Å². The van der Waals surface area contributed by atoms with E-state index in [1.54, 1.807) is 13.0 Å². The van der Waals surface area contributed by atoms with Gasteiger partial charge in [-0.2, -0.15) is 0 Å². The summed E-state index contributed by atoms with van der Waals surface area (Å²) in [5, 5.41) is 20.5. The molecule has 1 fully saturated rings. The number of hydrogen-bond donors (Lipinski definition) is 1. The van der Waals surface area contributed by atoms with Crippen LogP contribution < -0.4 is 0 Å². The maximum absolute atomic E-state index is 12.7. The molecule has 0 saturated carbocycles. The van der Waals surface area contributed by atoms with Gasteiger partial charge in [-0.05, 0) is 38.2 Å². The van der Waals surface area contributed by atoms with Crippen molar-refractivity contribution in [2.45, 2.75) is 24.7 Å². The Kier molecular flexibility index (Phi) is 4.93. The molecule has 1 aliphatic heterocycles. The molecule has 0 bridgehead atoms. The lowest BCUT2D eigenvalue weighted by atomic mass is 9.82. The van der Waals surface area contributed by atoms with Gasteiger partial charge in [0.25, 0.3) is 11.6 Å². The zero-order valence-electron chi connectivity index (χ0n) is 12.9. The average Bonchev–Trinajstić information content (AvgIpc) is 2.53. The van der Waals surface area contributed by atoms with Gasteiger partial charge in [-0.15, -0.1) is 11.8 Å². The molecule has 1 amide bonds. The molecule has 1 atom stereocenters. The van der Waals surface area contributed by atoms with E-state index in [2.05, 4.69) is 0 Å². The molecular weight excluding hydrogens is 320 g/mol. The van der Waals surface area contributed by atoms with E-state index in [4.69, 9.17) is 0 Å². The fraction of sp³-hybridized carbons (Fsp3) is 0.467. The predicted molar refractivity (Wildman–Crippen MR) is 85.8 cm³/mol. The Morgan fingerprint density at radius 1 is 1.43 bits per heavy atom. The van der Waals surface area contributed by atoms with Crippen molar-refractivity contribution < 1.29 is 19.6 Å². The first-order valence-corrected chi connectivity index (χ1v) is 8.36. The molecule has 0 spiro atoms. The number of aliphatic carboxylic acids is 1. The quantitative estimate of drug-likeness (QED) is 0.514. The van der Waals surface area contributed by atoms with Gasteiger partial charge in [0.2, 0.25) is 0 Å². The lowest BCUT2D eigenvalue weighted by molar-refractivity contribution is -0.385. The second-order valence-electron chi connectivity index (χ2n) is 5.84. The van der Waals surface area contributed by atoms with Crippen LogP contribution >= 0.6 is 11.8 Å². The number of hydrogen-bond acceptors (Lipinski definition) is 5. The zero-order chi connectivity index (χ0) is 17.2.